The molecule has 0 saturated heterocycles. The fourth-order valence-corrected chi connectivity index (χ4v) is 3.04. The number of nitrogens with one attached hydrogen (secondary N) is 2. The Balaban J connectivity index is 1.89. The fraction of sp³-hybridized carbons (Fsp3) is 0.235. The summed E-state index contributed by atoms with van der Waals surface area (Å²) in [5.41, 5.74) is 0.0200. The monoisotopic (exact) mass is 386 g/mol. The van der Waals surface area contributed by atoms with Crippen molar-refractivity contribution in [2.45, 2.75) is 13.0 Å². The Kier molecular flexibility index (Phi) is 4.13. The summed E-state index contributed by atoms with van der Waals surface area (Å²) >= 11 is 0. The highest BCUT2D eigenvalue weighted by atomic mass is 19.1. The number of halogens is 2. The van der Waals surface area contributed by atoms with Gasteiger partial charge in [0, 0.05) is 14.1 Å². The maximum Gasteiger partial charge on any atom is 0.283 e. The molecule has 144 valence electrons. The molecule has 2 N–H and O–H groups in total. The lowest BCUT2D eigenvalue weighted by Gasteiger charge is -2.24. The molecule has 4 rings (SSSR count). The van der Waals surface area contributed by atoms with E-state index in [1.807, 2.05) is 0 Å². The number of aromatic amines is 1. The summed E-state index contributed by atoms with van der Waals surface area (Å²) in [5, 5.41) is 4.18. The largest absolute Gasteiger partial charge is 0.358 e. The molecular formula is C17H16F2N8O. The molecule has 0 aliphatic carbocycles. The van der Waals surface area contributed by atoms with Crippen LogP contribution < -0.4 is 15.9 Å². The Morgan fingerprint density at radius 3 is 2.68 bits per heavy atom. The highest BCUT2D eigenvalue weighted by Gasteiger charge is 2.22. The minimum Gasteiger partial charge on any atom is -0.358 e. The molecule has 9 nitrogen and oxygen atoms in total. The molecule has 11 heteroatoms. The topological polar surface area (TPSA) is 105 Å². The Bertz CT molecular complexity index is 1250. The minimum absolute atomic E-state index is 0.193. The van der Waals surface area contributed by atoms with Crippen LogP contribution in [0.2, 0.25) is 0 Å². The molecule has 4 aromatic rings. The third-order valence-corrected chi connectivity index (χ3v) is 4.29. The molecule has 0 bridgehead atoms. The molecule has 0 spiro atoms. The first-order valence-corrected chi connectivity index (χ1v) is 8.37. The quantitative estimate of drug-likeness (QED) is 0.550. The third kappa shape index (κ3) is 2.71. The molecule has 0 saturated carbocycles. The number of benzene rings is 1. The van der Waals surface area contributed by atoms with E-state index in [-0.39, 0.29) is 11.3 Å². The van der Waals surface area contributed by atoms with Crippen molar-refractivity contribution in [1.29, 1.82) is 0 Å². The first kappa shape index (κ1) is 17.8. The number of imidazole rings is 1. The number of anilines is 1. The van der Waals surface area contributed by atoms with E-state index in [4.69, 9.17) is 0 Å². The summed E-state index contributed by atoms with van der Waals surface area (Å²) in [6, 6.07) is 1.28. The zero-order valence-electron chi connectivity index (χ0n) is 15.2. The number of hydrogen-bond acceptors (Lipinski definition) is 7. The highest BCUT2D eigenvalue weighted by molar-refractivity contribution is 5.82. The average Bonchev–Trinajstić information content (AvgIpc) is 3.13. The van der Waals surface area contributed by atoms with E-state index < -0.39 is 28.6 Å². The van der Waals surface area contributed by atoms with Crippen LogP contribution in [0, 0.1) is 11.6 Å². The zero-order valence-corrected chi connectivity index (χ0v) is 15.2. The van der Waals surface area contributed by atoms with Gasteiger partial charge in [-0.15, -0.1) is 0 Å². The van der Waals surface area contributed by atoms with Gasteiger partial charge < -0.3 is 15.3 Å². The summed E-state index contributed by atoms with van der Waals surface area (Å²) < 4.78 is 29.7. The molecule has 1 atom stereocenters. The van der Waals surface area contributed by atoms with Gasteiger partial charge in [0.1, 0.15) is 34.4 Å². The van der Waals surface area contributed by atoms with Crippen molar-refractivity contribution >= 4 is 27.9 Å². The summed E-state index contributed by atoms with van der Waals surface area (Å²) in [4.78, 5) is 32.4. The Morgan fingerprint density at radius 2 is 1.93 bits per heavy atom. The fourth-order valence-electron chi connectivity index (χ4n) is 3.04. The second-order valence-corrected chi connectivity index (χ2v) is 6.38. The van der Waals surface area contributed by atoms with Gasteiger partial charge in [-0.25, -0.2) is 33.4 Å². The maximum absolute atomic E-state index is 14.3. The predicted molar refractivity (Wildman–Crippen MR) is 99.7 cm³/mol. The smallest absolute Gasteiger partial charge is 0.283 e. The van der Waals surface area contributed by atoms with Crippen molar-refractivity contribution in [2.75, 3.05) is 24.4 Å². The van der Waals surface area contributed by atoms with Crippen LogP contribution in [0.25, 0.3) is 22.1 Å². The molecule has 28 heavy (non-hydrogen) atoms. The second kappa shape index (κ2) is 6.51. The molecule has 3 aromatic heterocycles. The van der Waals surface area contributed by atoms with Gasteiger partial charge >= 0.3 is 0 Å². The first-order valence-electron chi connectivity index (χ1n) is 8.37. The van der Waals surface area contributed by atoms with Crippen molar-refractivity contribution in [2.24, 2.45) is 0 Å². The minimum atomic E-state index is -0.827. The SMILES string of the molecule is CC(Nc1ncnc2nc[nH]c12)c1nc2c(F)ccc(F)c2c(=O)n1N(C)C. The van der Waals surface area contributed by atoms with Gasteiger partial charge in [0.15, 0.2) is 17.3 Å². The van der Waals surface area contributed by atoms with Crippen LogP contribution in [0.15, 0.2) is 29.6 Å². The maximum atomic E-state index is 14.3. The molecule has 1 unspecified atom stereocenters. The Morgan fingerprint density at radius 1 is 1.18 bits per heavy atom. The Labute approximate surface area is 157 Å². The average molecular weight is 386 g/mol. The second-order valence-electron chi connectivity index (χ2n) is 6.38. The third-order valence-electron chi connectivity index (χ3n) is 4.29. The van der Waals surface area contributed by atoms with Crippen LogP contribution in [-0.2, 0) is 0 Å². The van der Waals surface area contributed by atoms with Crippen molar-refractivity contribution in [1.82, 2.24) is 29.6 Å². The summed E-state index contributed by atoms with van der Waals surface area (Å²) in [7, 11) is 3.22. The standard InChI is InChI=1S/C17H16F2N8O/c1-8(24-15-13-14(21-6-20-13)22-7-23-15)16-25-12-10(19)5-4-9(18)11(12)17(28)27(16)26(2)3/h4-8H,1-3H3,(H2,20,21,22,23,24). The summed E-state index contributed by atoms with van der Waals surface area (Å²) in [6.07, 6.45) is 2.83. The number of aromatic nitrogens is 6. The molecule has 1 aromatic carbocycles. The van der Waals surface area contributed by atoms with Gasteiger partial charge in [-0.2, -0.15) is 0 Å². The molecule has 0 fully saturated rings. The molecule has 0 radical (unpaired) electrons. The molecular weight excluding hydrogens is 370 g/mol. The van der Waals surface area contributed by atoms with Crippen molar-refractivity contribution < 1.29 is 8.78 Å². The van der Waals surface area contributed by atoms with Gasteiger partial charge in [-0.1, -0.05) is 0 Å². The van der Waals surface area contributed by atoms with E-state index in [0.717, 1.165) is 12.1 Å². The number of hydrogen-bond donors (Lipinski definition) is 2. The van der Waals surface area contributed by atoms with E-state index in [1.54, 1.807) is 21.0 Å². The van der Waals surface area contributed by atoms with E-state index >= 15 is 0 Å². The van der Waals surface area contributed by atoms with E-state index in [1.165, 1.54) is 22.3 Å². The van der Waals surface area contributed by atoms with Gasteiger partial charge in [0.05, 0.1) is 12.4 Å². The number of nitrogens with zero attached hydrogens (tertiary/aromatic N) is 6. The summed E-state index contributed by atoms with van der Waals surface area (Å²) in [6.45, 7) is 1.73. The molecule has 0 amide bonds. The van der Waals surface area contributed by atoms with Crippen molar-refractivity contribution in [3.63, 3.8) is 0 Å². The van der Waals surface area contributed by atoms with Crippen LogP contribution in [0.4, 0.5) is 14.6 Å². The van der Waals surface area contributed by atoms with Crippen LogP contribution in [-0.4, -0.2) is 43.7 Å². The summed E-state index contributed by atoms with van der Waals surface area (Å²) in [5.74, 6) is -0.967. The van der Waals surface area contributed by atoms with Gasteiger partial charge in [0.2, 0.25) is 0 Å². The number of H-pyrrole nitrogens is 1. The first-order chi connectivity index (χ1) is 13.4. The van der Waals surface area contributed by atoms with Crippen LogP contribution in [0.5, 0.6) is 0 Å². The van der Waals surface area contributed by atoms with E-state index in [9.17, 15) is 13.6 Å². The van der Waals surface area contributed by atoms with Crippen molar-refractivity contribution in [3.8, 4) is 0 Å². The van der Waals surface area contributed by atoms with Gasteiger partial charge in [0.25, 0.3) is 5.56 Å². The normalized spacial score (nSPS) is 12.5. The van der Waals surface area contributed by atoms with E-state index in [0.29, 0.717) is 17.0 Å². The van der Waals surface area contributed by atoms with Crippen LogP contribution in [0.1, 0.15) is 18.8 Å². The molecule has 0 aliphatic heterocycles. The van der Waals surface area contributed by atoms with Crippen LogP contribution >= 0.6 is 0 Å². The lowest BCUT2D eigenvalue weighted by Crippen LogP contribution is -2.41. The molecule has 0 aliphatic rings. The number of fused-ring (bicyclic) bond motifs is 2. The lowest BCUT2D eigenvalue weighted by molar-refractivity contribution is 0.584. The Hall–Kier alpha value is -3.63. The van der Waals surface area contributed by atoms with Gasteiger partial charge in [-0.05, 0) is 19.1 Å². The number of rotatable bonds is 4. The predicted octanol–water partition coefficient (Wildman–Crippen LogP) is 1.71. The van der Waals surface area contributed by atoms with E-state index in [2.05, 4.69) is 30.2 Å². The lowest BCUT2D eigenvalue weighted by atomic mass is 10.2. The zero-order chi connectivity index (χ0) is 20.0. The van der Waals surface area contributed by atoms with Crippen molar-refractivity contribution in [3.05, 3.63) is 52.6 Å². The molecule has 3 heterocycles. The highest BCUT2D eigenvalue weighted by Crippen LogP contribution is 2.23. The van der Waals surface area contributed by atoms with Gasteiger partial charge in [-0.3, -0.25) is 4.79 Å². The van der Waals surface area contributed by atoms with Crippen LogP contribution in [0.3, 0.4) is 0 Å².